The quantitative estimate of drug-likeness (QED) is 0.459. The highest BCUT2D eigenvalue weighted by atomic mass is 16.7. The summed E-state index contributed by atoms with van der Waals surface area (Å²) in [6.45, 7) is 4.07. The molecule has 0 aromatic heterocycles. The van der Waals surface area contributed by atoms with Crippen LogP contribution in [0.5, 0.6) is 28.7 Å². The van der Waals surface area contributed by atoms with Crippen LogP contribution < -0.4 is 19.5 Å². The molecule has 4 aliphatic heterocycles. The second kappa shape index (κ2) is 11.0. The van der Waals surface area contributed by atoms with Gasteiger partial charge >= 0.3 is 0 Å². The summed E-state index contributed by atoms with van der Waals surface area (Å²) in [6, 6.07) is 3.05. The predicted molar refractivity (Wildman–Crippen MR) is 162 cm³/mol. The SMILES string of the molecule is COc1c(C)cc2c(c1O)[C@@H]1C3Cc4c(O)c(C)c5c(c4[C@H](CNC(=O)CC4CCCCC4)N3[C@@H](C#N)[C@H](C2)N1C)OCO5. The van der Waals surface area contributed by atoms with Crippen LogP contribution in [0.4, 0.5) is 0 Å². The summed E-state index contributed by atoms with van der Waals surface area (Å²) in [5.41, 5.74) is 4.82. The van der Waals surface area contributed by atoms with Gasteiger partial charge in [0.2, 0.25) is 12.7 Å². The first-order valence-corrected chi connectivity index (χ1v) is 15.9. The fraction of sp³-hybridized carbons (Fsp3) is 0.588. The molecule has 1 saturated heterocycles. The summed E-state index contributed by atoms with van der Waals surface area (Å²) >= 11 is 0. The van der Waals surface area contributed by atoms with Crippen LogP contribution >= 0.6 is 0 Å². The smallest absolute Gasteiger partial charge is 0.231 e. The standard InChI is InChI=1S/C34H42N4O6/c1-17-10-20-12-22-24(14-35)38-23(29(37(22)3)27(20)31(41)32(17)42-4)13-21-28(34-33(43-16-44-34)18(2)30(21)40)25(38)15-36-26(39)11-19-8-6-5-7-9-19/h10,19,22-25,29,40-41H,5-9,11-13,15-16H2,1-4H3,(H,36,39)/t22-,23?,24-,25-,29-/m0/s1. The maximum Gasteiger partial charge on any atom is 0.231 e. The van der Waals surface area contributed by atoms with Gasteiger partial charge in [-0.15, -0.1) is 0 Å². The Hall–Kier alpha value is -3.68. The molecule has 5 atom stereocenters. The number of benzene rings is 2. The number of ether oxygens (including phenoxy) is 3. The van der Waals surface area contributed by atoms with E-state index in [-0.39, 0.29) is 48.9 Å². The van der Waals surface area contributed by atoms with E-state index in [0.29, 0.717) is 48.0 Å². The van der Waals surface area contributed by atoms with Gasteiger partial charge in [-0.1, -0.05) is 25.3 Å². The van der Waals surface area contributed by atoms with Gasteiger partial charge < -0.3 is 29.7 Å². The number of phenolic OH excluding ortho intramolecular Hbond substituents is 2. The van der Waals surface area contributed by atoms with Crippen molar-refractivity contribution in [1.82, 2.24) is 15.1 Å². The molecular formula is C34H42N4O6. The number of likely N-dealkylation sites (N-methyl/N-ethyl adjacent to an activating group) is 1. The van der Waals surface area contributed by atoms with Gasteiger partial charge in [0, 0.05) is 47.3 Å². The Morgan fingerprint density at radius 3 is 2.57 bits per heavy atom. The van der Waals surface area contributed by atoms with E-state index >= 15 is 0 Å². The largest absolute Gasteiger partial charge is 0.507 e. The molecule has 2 bridgehead atoms. The molecule has 1 amide bonds. The zero-order valence-corrected chi connectivity index (χ0v) is 26.0. The van der Waals surface area contributed by atoms with Gasteiger partial charge in [0.25, 0.3) is 0 Å². The maximum atomic E-state index is 13.3. The van der Waals surface area contributed by atoms with Gasteiger partial charge in [0.1, 0.15) is 11.8 Å². The number of nitrogens with one attached hydrogen (secondary N) is 1. The van der Waals surface area contributed by atoms with Crippen LogP contribution in [-0.2, 0) is 17.6 Å². The van der Waals surface area contributed by atoms with E-state index in [0.717, 1.165) is 40.7 Å². The van der Waals surface area contributed by atoms with Crippen molar-refractivity contribution in [3.8, 4) is 34.8 Å². The predicted octanol–water partition coefficient (Wildman–Crippen LogP) is 4.31. The van der Waals surface area contributed by atoms with Crippen LogP contribution in [0.25, 0.3) is 0 Å². The first kappa shape index (κ1) is 29.1. The van der Waals surface area contributed by atoms with Crippen molar-refractivity contribution in [3.63, 3.8) is 0 Å². The van der Waals surface area contributed by atoms with E-state index < -0.39 is 12.1 Å². The number of rotatable bonds is 5. The van der Waals surface area contributed by atoms with Crippen molar-refractivity contribution in [2.75, 3.05) is 27.5 Å². The molecule has 1 aliphatic carbocycles. The molecule has 234 valence electrons. The molecular weight excluding hydrogens is 560 g/mol. The maximum absolute atomic E-state index is 13.3. The molecule has 0 radical (unpaired) electrons. The van der Waals surface area contributed by atoms with Crippen molar-refractivity contribution in [3.05, 3.63) is 39.4 Å². The molecule has 5 aliphatic rings. The zero-order chi connectivity index (χ0) is 30.9. The van der Waals surface area contributed by atoms with Crippen LogP contribution in [0.1, 0.15) is 84.0 Å². The van der Waals surface area contributed by atoms with Crippen molar-refractivity contribution >= 4 is 5.91 Å². The average molecular weight is 603 g/mol. The second-order valence-corrected chi connectivity index (χ2v) is 13.3. The summed E-state index contributed by atoms with van der Waals surface area (Å²) in [5.74, 6) is 2.25. The number of aryl methyl sites for hydroxylation is 1. The molecule has 1 saturated carbocycles. The lowest BCUT2D eigenvalue weighted by Crippen LogP contribution is -2.68. The number of carbonyl (C=O) groups is 1. The summed E-state index contributed by atoms with van der Waals surface area (Å²) in [5, 5.41) is 37.2. The second-order valence-electron chi connectivity index (χ2n) is 13.3. The van der Waals surface area contributed by atoms with E-state index in [4.69, 9.17) is 14.2 Å². The number of phenols is 2. The molecule has 1 unspecified atom stereocenters. The molecule has 4 heterocycles. The van der Waals surface area contributed by atoms with Crippen LogP contribution in [0.3, 0.4) is 0 Å². The molecule has 2 aromatic carbocycles. The summed E-state index contributed by atoms with van der Waals surface area (Å²) in [4.78, 5) is 17.8. The summed E-state index contributed by atoms with van der Waals surface area (Å²) in [6.07, 6.45) is 7.26. The van der Waals surface area contributed by atoms with E-state index in [2.05, 4.69) is 27.3 Å². The minimum atomic E-state index is -0.506. The Morgan fingerprint density at radius 2 is 1.84 bits per heavy atom. The molecule has 0 spiro atoms. The third-order valence-corrected chi connectivity index (χ3v) is 11.0. The van der Waals surface area contributed by atoms with Gasteiger partial charge in [0.15, 0.2) is 23.0 Å². The zero-order valence-electron chi connectivity index (χ0n) is 26.0. The van der Waals surface area contributed by atoms with Crippen LogP contribution in [-0.4, -0.2) is 71.5 Å². The van der Waals surface area contributed by atoms with Crippen LogP contribution in [0, 0.1) is 31.1 Å². The van der Waals surface area contributed by atoms with Crippen molar-refractivity contribution < 1.29 is 29.2 Å². The third kappa shape index (κ3) is 4.31. The van der Waals surface area contributed by atoms with Crippen LogP contribution in [0.15, 0.2) is 6.07 Å². The molecule has 2 fully saturated rings. The number of aromatic hydroxyl groups is 2. The molecule has 44 heavy (non-hydrogen) atoms. The molecule has 2 aromatic rings. The average Bonchev–Trinajstić information content (AvgIpc) is 3.50. The number of nitrogens with zero attached hydrogens (tertiary/aromatic N) is 3. The van der Waals surface area contributed by atoms with Crippen molar-refractivity contribution in [2.45, 2.75) is 95.4 Å². The fourth-order valence-corrected chi connectivity index (χ4v) is 8.98. The molecule has 7 rings (SSSR count). The fourth-order valence-electron chi connectivity index (χ4n) is 8.98. The van der Waals surface area contributed by atoms with E-state index in [9.17, 15) is 20.3 Å². The lowest BCUT2D eigenvalue weighted by Gasteiger charge is -2.60. The Labute approximate surface area is 258 Å². The van der Waals surface area contributed by atoms with Crippen molar-refractivity contribution in [1.29, 1.82) is 5.26 Å². The molecule has 10 nitrogen and oxygen atoms in total. The van der Waals surface area contributed by atoms with E-state index in [1.54, 1.807) is 7.11 Å². The van der Waals surface area contributed by atoms with Gasteiger partial charge in [-0.2, -0.15) is 5.26 Å². The topological polar surface area (TPSA) is 128 Å². The summed E-state index contributed by atoms with van der Waals surface area (Å²) < 4.78 is 17.5. The lowest BCUT2D eigenvalue weighted by molar-refractivity contribution is -0.123. The Kier molecular flexibility index (Phi) is 7.29. The number of hydrogen-bond donors (Lipinski definition) is 3. The van der Waals surface area contributed by atoms with Gasteiger partial charge in [-0.05, 0) is 63.6 Å². The lowest BCUT2D eigenvalue weighted by atomic mass is 9.71. The number of fused-ring (bicyclic) bond motifs is 9. The first-order valence-electron chi connectivity index (χ1n) is 15.9. The first-order chi connectivity index (χ1) is 21.2. The van der Waals surface area contributed by atoms with Gasteiger partial charge in [0.05, 0.1) is 25.3 Å². The Morgan fingerprint density at radius 1 is 1.09 bits per heavy atom. The van der Waals surface area contributed by atoms with Gasteiger partial charge in [-0.25, -0.2) is 0 Å². The minimum absolute atomic E-state index is 0.0109. The molecule has 3 N–H and O–H groups in total. The minimum Gasteiger partial charge on any atom is -0.507 e. The Bertz CT molecular complexity index is 1550. The monoisotopic (exact) mass is 602 g/mol. The third-order valence-electron chi connectivity index (χ3n) is 11.0. The van der Waals surface area contributed by atoms with Gasteiger partial charge in [-0.3, -0.25) is 14.6 Å². The van der Waals surface area contributed by atoms with Crippen LogP contribution in [0.2, 0.25) is 0 Å². The number of amides is 1. The highest BCUT2D eigenvalue weighted by molar-refractivity contribution is 5.76. The van der Waals surface area contributed by atoms with E-state index in [1.165, 1.54) is 19.3 Å². The van der Waals surface area contributed by atoms with E-state index in [1.807, 2.05) is 20.9 Å². The highest BCUT2D eigenvalue weighted by Crippen LogP contribution is 2.58. The normalized spacial score (nSPS) is 27.6. The summed E-state index contributed by atoms with van der Waals surface area (Å²) in [7, 11) is 3.59. The van der Waals surface area contributed by atoms with Crippen molar-refractivity contribution in [2.24, 2.45) is 5.92 Å². The molecule has 10 heteroatoms. The highest BCUT2D eigenvalue weighted by Gasteiger charge is 2.56. The number of nitriles is 1. The number of carbonyl (C=O) groups excluding carboxylic acids is 1. The number of methoxy groups -OCH3 is 1. The Balaban J connectivity index is 1.35. The number of hydrogen-bond acceptors (Lipinski definition) is 9. The number of piperazine rings is 1.